The van der Waals surface area contributed by atoms with Crippen molar-refractivity contribution < 1.29 is 9.53 Å². The van der Waals surface area contributed by atoms with Gasteiger partial charge in [-0.05, 0) is 115 Å². The molecule has 0 saturated carbocycles. The summed E-state index contributed by atoms with van der Waals surface area (Å²) in [6, 6.07) is 49.6. The fraction of sp³-hybridized carbons (Fsp3) is 0.140. The van der Waals surface area contributed by atoms with Gasteiger partial charge in [-0.25, -0.2) is 4.79 Å². The molecule has 228 valence electrons. The number of esters is 1. The van der Waals surface area contributed by atoms with Crippen molar-refractivity contribution in [3.05, 3.63) is 179 Å². The third-order valence-electron chi connectivity index (χ3n) is 8.36. The second kappa shape index (κ2) is 13.7. The van der Waals surface area contributed by atoms with Crippen molar-refractivity contribution in [1.82, 2.24) is 0 Å². The first-order valence-corrected chi connectivity index (χ1v) is 15.9. The first-order valence-electron chi connectivity index (χ1n) is 15.9. The van der Waals surface area contributed by atoms with Crippen molar-refractivity contribution in [3.63, 3.8) is 0 Å². The van der Waals surface area contributed by atoms with Crippen molar-refractivity contribution in [2.45, 2.75) is 40.0 Å². The minimum absolute atomic E-state index is 0.386. The second-order valence-electron chi connectivity index (χ2n) is 12.2. The van der Waals surface area contributed by atoms with Crippen LogP contribution in [0.25, 0.3) is 11.1 Å². The van der Waals surface area contributed by atoms with Gasteiger partial charge in [0.25, 0.3) is 0 Å². The van der Waals surface area contributed by atoms with Crippen LogP contribution in [0.5, 0.6) is 5.75 Å². The Bertz CT molecular complexity index is 1860. The van der Waals surface area contributed by atoms with Gasteiger partial charge in [-0.2, -0.15) is 0 Å². The Kier molecular flexibility index (Phi) is 9.12. The molecular weight excluding hydrogens is 562 g/mol. The summed E-state index contributed by atoms with van der Waals surface area (Å²) in [5.41, 5.74) is 12.1. The van der Waals surface area contributed by atoms with E-state index < -0.39 is 0 Å². The van der Waals surface area contributed by atoms with Gasteiger partial charge in [-0.1, -0.05) is 110 Å². The van der Waals surface area contributed by atoms with Gasteiger partial charge < -0.3 is 9.64 Å². The van der Waals surface area contributed by atoms with E-state index in [4.69, 9.17) is 4.74 Å². The van der Waals surface area contributed by atoms with Crippen LogP contribution in [0.2, 0.25) is 0 Å². The van der Waals surface area contributed by atoms with Gasteiger partial charge in [0.05, 0.1) is 5.56 Å². The average Bonchev–Trinajstić information content (AvgIpc) is 3.08. The van der Waals surface area contributed by atoms with E-state index in [1.54, 1.807) is 0 Å². The van der Waals surface area contributed by atoms with Crippen LogP contribution in [0.1, 0.15) is 57.9 Å². The van der Waals surface area contributed by atoms with E-state index in [1.165, 1.54) is 33.4 Å². The van der Waals surface area contributed by atoms with Crippen molar-refractivity contribution >= 4 is 23.0 Å². The normalized spacial score (nSPS) is 11.0. The summed E-state index contributed by atoms with van der Waals surface area (Å²) in [4.78, 5) is 15.4. The maximum absolute atomic E-state index is 13.2. The van der Waals surface area contributed by atoms with Crippen LogP contribution >= 0.6 is 0 Å². The van der Waals surface area contributed by atoms with Crippen molar-refractivity contribution in [2.24, 2.45) is 0 Å². The molecule has 3 nitrogen and oxygen atoms in total. The highest BCUT2D eigenvalue weighted by atomic mass is 16.5. The Labute approximate surface area is 272 Å². The predicted octanol–water partition coefficient (Wildman–Crippen LogP) is 11.4. The zero-order valence-corrected chi connectivity index (χ0v) is 26.9. The zero-order valence-electron chi connectivity index (χ0n) is 26.9. The molecule has 6 aromatic rings. The smallest absolute Gasteiger partial charge is 0.343 e. The molecule has 3 heteroatoms. The van der Waals surface area contributed by atoms with Crippen LogP contribution in [0.4, 0.5) is 17.1 Å². The lowest BCUT2D eigenvalue weighted by molar-refractivity contribution is 0.0735. The van der Waals surface area contributed by atoms with E-state index in [9.17, 15) is 4.79 Å². The number of hydrogen-bond acceptors (Lipinski definition) is 3. The van der Waals surface area contributed by atoms with Crippen LogP contribution in [0, 0.1) is 13.8 Å². The standard InChI is InChI=1S/C43H39NO2/c1-30(2)36-14-15-37(28-33-8-6-5-7-9-33)42(29-36)34-18-26-41(27-19-34)46-43(45)35-16-24-40(25-17-35)44(38-20-10-31(3)11-21-38)39-22-12-32(4)13-23-39/h5-27,29-30H,28H2,1-4H3. The summed E-state index contributed by atoms with van der Waals surface area (Å²) in [5.74, 6) is 0.559. The van der Waals surface area contributed by atoms with Gasteiger partial charge in [0.1, 0.15) is 5.75 Å². The molecule has 0 amide bonds. The number of ether oxygens (including phenoxy) is 1. The van der Waals surface area contributed by atoms with Crippen LogP contribution in [-0.4, -0.2) is 5.97 Å². The molecule has 46 heavy (non-hydrogen) atoms. The topological polar surface area (TPSA) is 29.5 Å². The van der Waals surface area contributed by atoms with Gasteiger partial charge in [0.2, 0.25) is 0 Å². The zero-order chi connectivity index (χ0) is 32.0. The number of carbonyl (C=O) groups is 1. The maximum Gasteiger partial charge on any atom is 0.343 e. The molecule has 0 N–H and O–H groups in total. The Balaban J connectivity index is 1.21. The van der Waals surface area contributed by atoms with Gasteiger partial charge in [0.15, 0.2) is 0 Å². The molecule has 0 fully saturated rings. The quantitative estimate of drug-likeness (QED) is 0.122. The molecule has 0 aliphatic rings. The molecule has 0 aliphatic heterocycles. The van der Waals surface area contributed by atoms with Crippen LogP contribution in [0.15, 0.2) is 146 Å². The number of rotatable bonds is 9. The summed E-state index contributed by atoms with van der Waals surface area (Å²) < 4.78 is 5.82. The molecule has 6 aromatic carbocycles. The molecule has 0 atom stereocenters. The molecule has 6 rings (SSSR count). The van der Waals surface area contributed by atoms with Gasteiger partial charge in [-0.15, -0.1) is 0 Å². The Morgan fingerprint density at radius 3 is 1.72 bits per heavy atom. The van der Waals surface area contributed by atoms with E-state index >= 15 is 0 Å². The fourth-order valence-corrected chi connectivity index (χ4v) is 5.64. The number of hydrogen-bond donors (Lipinski definition) is 0. The first kappa shape index (κ1) is 30.6. The van der Waals surface area contributed by atoms with Crippen molar-refractivity contribution in [2.75, 3.05) is 4.90 Å². The number of carbonyl (C=O) groups excluding carboxylic acids is 1. The Hall–Kier alpha value is -5.41. The molecule has 0 aliphatic carbocycles. The van der Waals surface area contributed by atoms with Gasteiger partial charge in [0, 0.05) is 17.1 Å². The second-order valence-corrected chi connectivity index (χ2v) is 12.2. The number of nitrogens with zero attached hydrogens (tertiary/aromatic N) is 1. The minimum Gasteiger partial charge on any atom is -0.423 e. The van der Waals surface area contributed by atoms with Crippen LogP contribution in [-0.2, 0) is 6.42 Å². The number of anilines is 3. The van der Waals surface area contributed by atoms with Crippen LogP contribution in [0.3, 0.4) is 0 Å². The third kappa shape index (κ3) is 7.11. The fourth-order valence-electron chi connectivity index (χ4n) is 5.64. The molecule has 0 aromatic heterocycles. The Morgan fingerprint density at radius 1 is 0.630 bits per heavy atom. The average molecular weight is 602 g/mol. The number of aryl methyl sites for hydroxylation is 2. The molecule has 0 spiro atoms. The SMILES string of the molecule is Cc1ccc(N(c2ccc(C)cc2)c2ccc(C(=O)Oc3ccc(-c4cc(C(C)C)ccc4Cc4ccccc4)cc3)cc2)cc1. The lowest BCUT2D eigenvalue weighted by Crippen LogP contribution is -2.11. The molecular formula is C43H39NO2. The van der Waals surface area contributed by atoms with E-state index in [0.29, 0.717) is 17.2 Å². The van der Waals surface area contributed by atoms with Gasteiger partial charge >= 0.3 is 5.97 Å². The Morgan fingerprint density at radius 2 is 1.17 bits per heavy atom. The molecule has 0 unspecified atom stereocenters. The van der Waals surface area contributed by atoms with E-state index in [2.05, 4.69) is 124 Å². The summed E-state index contributed by atoms with van der Waals surface area (Å²) >= 11 is 0. The van der Waals surface area contributed by atoms with Crippen molar-refractivity contribution in [3.8, 4) is 16.9 Å². The highest BCUT2D eigenvalue weighted by molar-refractivity contribution is 5.92. The molecule has 0 saturated heterocycles. The summed E-state index contributed by atoms with van der Waals surface area (Å²) in [6.07, 6.45) is 0.854. The van der Waals surface area contributed by atoms with Crippen LogP contribution < -0.4 is 9.64 Å². The van der Waals surface area contributed by atoms with E-state index in [-0.39, 0.29) is 5.97 Å². The molecule has 0 bridgehead atoms. The summed E-state index contributed by atoms with van der Waals surface area (Å²) in [6.45, 7) is 8.60. The maximum atomic E-state index is 13.2. The molecule has 0 heterocycles. The highest BCUT2D eigenvalue weighted by Crippen LogP contribution is 2.35. The van der Waals surface area contributed by atoms with E-state index in [0.717, 1.165) is 29.0 Å². The minimum atomic E-state index is -0.386. The lowest BCUT2D eigenvalue weighted by Gasteiger charge is -2.26. The van der Waals surface area contributed by atoms with Crippen molar-refractivity contribution in [1.29, 1.82) is 0 Å². The molecule has 0 radical (unpaired) electrons. The largest absolute Gasteiger partial charge is 0.423 e. The lowest BCUT2D eigenvalue weighted by atomic mass is 9.90. The third-order valence-corrected chi connectivity index (χ3v) is 8.36. The van der Waals surface area contributed by atoms with E-state index in [1.807, 2.05) is 54.6 Å². The number of benzene rings is 6. The monoisotopic (exact) mass is 601 g/mol. The highest BCUT2D eigenvalue weighted by Gasteiger charge is 2.15. The summed E-state index contributed by atoms with van der Waals surface area (Å²) in [7, 11) is 0. The van der Waals surface area contributed by atoms with Gasteiger partial charge in [-0.3, -0.25) is 0 Å². The summed E-state index contributed by atoms with van der Waals surface area (Å²) in [5, 5.41) is 0. The predicted molar refractivity (Wildman–Crippen MR) is 191 cm³/mol. The first-order chi connectivity index (χ1) is 22.3.